The van der Waals surface area contributed by atoms with Gasteiger partial charge in [-0.2, -0.15) is 0 Å². The lowest BCUT2D eigenvalue weighted by Gasteiger charge is -2.61. The van der Waals surface area contributed by atoms with E-state index in [4.69, 9.17) is 0 Å². The number of aliphatic hydroxyl groups is 1. The predicted octanol–water partition coefficient (Wildman–Crippen LogP) is 4.85. The van der Waals surface area contributed by atoms with E-state index >= 15 is 0 Å². The predicted molar refractivity (Wildman–Crippen MR) is 129 cm³/mol. The molecule has 182 valence electrons. The fourth-order valence-corrected chi connectivity index (χ4v) is 9.84. The summed E-state index contributed by atoms with van der Waals surface area (Å²) in [7, 11) is 0. The van der Waals surface area contributed by atoms with Crippen LogP contribution in [0.25, 0.3) is 0 Å². The smallest absolute Gasteiger partial charge is 0.222 e. The average molecular weight is 445 g/mol. The molecule has 0 bridgehead atoms. The number of amides is 1. The van der Waals surface area contributed by atoms with E-state index in [1.807, 2.05) is 0 Å². The molecule has 0 aromatic rings. The molecule has 4 nitrogen and oxygen atoms in total. The number of hydrogen-bond donors (Lipinski definition) is 2. The molecule has 2 N–H and O–H groups in total. The first kappa shape index (κ1) is 23.1. The zero-order valence-corrected chi connectivity index (χ0v) is 21.0. The maximum absolute atomic E-state index is 12.7. The molecule has 0 radical (unpaired) electrons. The van der Waals surface area contributed by atoms with Crippen molar-refractivity contribution in [3.63, 3.8) is 0 Å². The first-order valence-electron chi connectivity index (χ1n) is 14.0. The highest BCUT2D eigenvalue weighted by atomic mass is 16.3. The zero-order chi connectivity index (χ0) is 22.5. The molecule has 32 heavy (non-hydrogen) atoms. The first-order chi connectivity index (χ1) is 15.3. The van der Waals surface area contributed by atoms with E-state index in [-0.39, 0.29) is 6.10 Å². The van der Waals surface area contributed by atoms with E-state index in [0.717, 1.165) is 81.5 Å². The normalized spacial score (nSPS) is 47.3. The van der Waals surface area contributed by atoms with Gasteiger partial charge in [0, 0.05) is 32.6 Å². The third kappa shape index (κ3) is 3.85. The van der Waals surface area contributed by atoms with Crippen LogP contribution in [0.1, 0.15) is 91.4 Å². The molecule has 5 aliphatic rings. The second-order valence-electron chi connectivity index (χ2n) is 13.0. The van der Waals surface area contributed by atoms with E-state index in [1.165, 1.54) is 44.9 Å². The van der Waals surface area contributed by atoms with E-state index < -0.39 is 0 Å². The number of fused-ring (bicyclic) bond motifs is 5. The summed E-state index contributed by atoms with van der Waals surface area (Å²) in [6.07, 6.45) is 13.5. The van der Waals surface area contributed by atoms with E-state index in [0.29, 0.717) is 22.7 Å². The lowest BCUT2D eigenvalue weighted by molar-refractivity contribution is -0.133. The average Bonchev–Trinajstić information content (AvgIpc) is 3.15. The van der Waals surface area contributed by atoms with Crippen molar-refractivity contribution < 1.29 is 9.90 Å². The number of carbonyl (C=O) groups excluding carboxylic acids is 1. The minimum absolute atomic E-state index is 0.0425. The van der Waals surface area contributed by atoms with Gasteiger partial charge in [-0.3, -0.25) is 4.79 Å². The van der Waals surface area contributed by atoms with Crippen molar-refractivity contribution in [2.75, 3.05) is 26.2 Å². The van der Waals surface area contributed by atoms with Gasteiger partial charge >= 0.3 is 0 Å². The Labute approximate surface area is 196 Å². The van der Waals surface area contributed by atoms with Crippen molar-refractivity contribution in [3.8, 4) is 0 Å². The number of aliphatic hydroxyl groups excluding tert-OH is 1. The number of hydrogen-bond acceptors (Lipinski definition) is 3. The zero-order valence-electron chi connectivity index (χ0n) is 21.0. The molecule has 1 amide bonds. The molecular weight excluding hydrogens is 396 g/mol. The minimum atomic E-state index is -0.0425. The largest absolute Gasteiger partial charge is 0.393 e. The van der Waals surface area contributed by atoms with Crippen LogP contribution in [0.4, 0.5) is 0 Å². The van der Waals surface area contributed by atoms with E-state index in [2.05, 4.69) is 31.0 Å². The summed E-state index contributed by atoms with van der Waals surface area (Å²) in [6.45, 7) is 11.4. The van der Waals surface area contributed by atoms with Crippen LogP contribution in [0.2, 0.25) is 0 Å². The van der Waals surface area contributed by atoms with E-state index in [1.54, 1.807) is 0 Å². The molecule has 5 fully saturated rings. The highest BCUT2D eigenvalue weighted by molar-refractivity contribution is 5.76. The van der Waals surface area contributed by atoms with Gasteiger partial charge in [-0.15, -0.1) is 0 Å². The van der Waals surface area contributed by atoms with Crippen molar-refractivity contribution in [2.45, 2.75) is 97.5 Å². The Balaban J connectivity index is 1.23. The summed E-state index contributed by atoms with van der Waals surface area (Å²) in [5.41, 5.74) is 0.957. The summed E-state index contributed by atoms with van der Waals surface area (Å²) < 4.78 is 0. The van der Waals surface area contributed by atoms with Gasteiger partial charge in [-0.1, -0.05) is 20.8 Å². The Bertz CT molecular complexity index is 691. The Hall–Kier alpha value is -0.610. The molecule has 5 rings (SSSR count). The SMILES string of the molecule is C[C@H](CCC(=O)N1CCNCC1)[C@H]1CC[C@H]2C3CC[C@H]4C[C@@H](O)CC[C@]4(C)[C@H]3CC[C@]12C. The molecule has 4 heteroatoms. The van der Waals surface area contributed by atoms with Crippen molar-refractivity contribution in [3.05, 3.63) is 0 Å². The van der Waals surface area contributed by atoms with Gasteiger partial charge in [0.25, 0.3) is 0 Å². The molecule has 9 atom stereocenters. The topological polar surface area (TPSA) is 52.6 Å². The van der Waals surface area contributed by atoms with Gasteiger partial charge in [0.1, 0.15) is 0 Å². The second-order valence-corrected chi connectivity index (χ2v) is 13.0. The van der Waals surface area contributed by atoms with Gasteiger partial charge in [0.2, 0.25) is 5.91 Å². The fraction of sp³-hybridized carbons (Fsp3) is 0.964. The van der Waals surface area contributed by atoms with Gasteiger partial charge in [-0.05, 0) is 111 Å². The van der Waals surface area contributed by atoms with Crippen LogP contribution in [0.5, 0.6) is 0 Å². The highest BCUT2D eigenvalue weighted by Crippen LogP contribution is 2.68. The summed E-state index contributed by atoms with van der Waals surface area (Å²) in [4.78, 5) is 14.8. The molecule has 1 heterocycles. The summed E-state index contributed by atoms with van der Waals surface area (Å²) >= 11 is 0. The maximum atomic E-state index is 12.7. The maximum Gasteiger partial charge on any atom is 0.222 e. The van der Waals surface area contributed by atoms with Crippen LogP contribution in [-0.2, 0) is 4.79 Å². The van der Waals surface area contributed by atoms with Crippen LogP contribution in [0, 0.1) is 46.3 Å². The van der Waals surface area contributed by atoms with Crippen molar-refractivity contribution in [1.29, 1.82) is 0 Å². The monoisotopic (exact) mass is 444 g/mol. The van der Waals surface area contributed by atoms with Gasteiger partial charge < -0.3 is 15.3 Å². The molecule has 1 aliphatic heterocycles. The summed E-state index contributed by atoms with van der Waals surface area (Å²) in [6, 6.07) is 0. The molecule has 1 unspecified atom stereocenters. The second kappa shape index (κ2) is 8.87. The third-order valence-electron chi connectivity index (χ3n) is 11.7. The molecule has 4 saturated carbocycles. The van der Waals surface area contributed by atoms with Crippen LogP contribution < -0.4 is 5.32 Å². The molecule has 4 aliphatic carbocycles. The first-order valence-corrected chi connectivity index (χ1v) is 14.0. The Morgan fingerprint density at radius 2 is 1.72 bits per heavy atom. The Morgan fingerprint density at radius 3 is 2.50 bits per heavy atom. The van der Waals surface area contributed by atoms with Crippen molar-refractivity contribution >= 4 is 5.91 Å². The third-order valence-corrected chi connectivity index (χ3v) is 11.7. The lowest BCUT2D eigenvalue weighted by Crippen LogP contribution is -2.54. The fourth-order valence-electron chi connectivity index (χ4n) is 9.84. The standard InChI is InChI=1S/C28H48N2O2/c1-19(4-9-26(32)30-16-14-29-15-17-30)23-7-8-24-22-6-5-20-18-21(31)10-12-27(20,2)25(22)11-13-28(23,24)3/h19-25,29,31H,4-18H2,1-3H3/t19-,20+,21+,22?,23-,24+,25+,27+,28-/m1/s1. The number of nitrogens with zero attached hydrogens (tertiary/aromatic N) is 1. The van der Waals surface area contributed by atoms with Crippen LogP contribution in [0.15, 0.2) is 0 Å². The minimum Gasteiger partial charge on any atom is -0.393 e. The quantitative estimate of drug-likeness (QED) is 0.651. The number of rotatable bonds is 4. The molecule has 0 aromatic carbocycles. The summed E-state index contributed by atoms with van der Waals surface area (Å²) in [5.74, 6) is 5.27. The molecular formula is C28H48N2O2. The van der Waals surface area contributed by atoms with Crippen LogP contribution >= 0.6 is 0 Å². The van der Waals surface area contributed by atoms with Crippen molar-refractivity contribution in [1.82, 2.24) is 10.2 Å². The summed E-state index contributed by atoms with van der Waals surface area (Å²) in [5, 5.41) is 13.6. The number of nitrogens with one attached hydrogen (secondary N) is 1. The van der Waals surface area contributed by atoms with Gasteiger partial charge in [0.05, 0.1) is 6.10 Å². The lowest BCUT2D eigenvalue weighted by atomic mass is 9.44. The van der Waals surface area contributed by atoms with Gasteiger partial charge in [-0.25, -0.2) is 0 Å². The molecule has 0 aromatic heterocycles. The van der Waals surface area contributed by atoms with Gasteiger partial charge in [0.15, 0.2) is 0 Å². The Morgan fingerprint density at radius 1 is 1.00 bits per heavy atom. The Kier molecular flexibility index (Phi) is 6.42. The van der Waals surface area contributed by atoms with Crippen molar-refractivity contribution in [2.24, 2.45) is 46.3 Å². The molecule has 0 spiro atoms. The number of carbonyl (C=O) groups is 1. The molecule has 1 saturated heterocycles. The van der Waals surface area contributed by atoms with E-state index in [9.17, 15) is 9.90 Å². The number of piperazine rings is 1. The highest BCUT2D eigenvalue weighted by Gasteiger charge is 2.60. The van der Waals surface area contributed by atoms with Crippen LogP contribution in [-0.4, -0.2) is 48.2 Å². The van der Waals surface area contributed by atoms with Crippen LogP contribution in [0.3, 0.4) is 0 Å².